The van der Waals surface area contributed by atoms with Crippen molar-refractivity contribution in [2.75, 3.05) is 13.2 Å². The largest absolute Gasteiger partial charge is 0.502 e. The summed E-state index contributed by atoms with van der Waals surface area (Å²) in [6.45, 7) is 17.4. The molecular weight excluding hydrogens is 336 g/mol. The molecule has 0 amide bonds. The van der Waals surface area contributed by atoms with Crippen LogP contribution in [0.15, 0.2) is 12.8 Å². The lowest BCUT2D eigenvalue weighted by molar-refractivity contribution is -0.185. The minimum Gasteiger partial charge on any atom is -0.502 e. The van der Waals surface area contributed by atoms with E-state index in [-0.39, 0.29) is 5.97 Å². The second kappa shape index (κ2) is 13.6. The fraction of sp³-hybridized carbons (Fsp3) is 0.800. The van der Waals surface area contributed by atoms with Crippen molar-refractivity contribution in [1.82, 2.24) is 0 Å². The van der Waals surface area contributed by atoms with Crippen LogP contribution in [-0.2, 0) is 23.8 Å². The Morgan fingerprint density at radius 1 is 1.04 bits per heavy atom. The van der Waals surface area contributed by atoms with Crippen molar-refractivity contribution in [2.24, 2.45) is 10.8 Å². The van der Waals surface area contributed by atoms with E-state index < -0.39 is 23.1 Å². The van der Waals surface area contributed by atoms with Crippen LogP contribution in [0.2, 0.25) is 0 Å². The summed E-state index contributed by atoms with van der Waals surface area (Å²) in [6.07, 6.45) is 4.13. The van der Waals surface area contributed by atoms with Crippen LogP contribution >= 0.6 is 0 Å². The molecule has 154 valence electrons. The smallest absolute Gasteiger partial charge is 0.313 e. The average molecular weight is 375 g/mol. The molecule has 1 atom stereocenters. The van der Waals surface area contributed by atoms with Gasteiger partial charge in [0.05, 0.1) is 30.3 Å². The zero-order valence-electron chi connectivity index (χ0n) is 17.6. The van der Waals surface area contributed by atoms with Crippen LogP contribution in [0.4, 0.5) is 0 Å². The van der Waals surface area contributed by atoms with Crippen LogP contribution in [0, 0.1) is 10.8 Å². The Morgan fingerprint density at radius 3 is 1.92 bits per heavy atom. The molecule has 1 N–H and O–H groups in total. The van der Waals surface area contributed by atoms with E-state index >= 15 is 0 Å². The maximum Gasteiger partial charge on any atom is 0.313 e. The summed E-state index contributed by atoms with van der Waals surface area (Å²) in [7, 11) is 0. The average Bonchev–Trinajstić information content (AvgIpc) is 2.58. The van der Waals surface area contributed by atoms with E-state index in [0.717, 1.165) is 19.3 Å². The van der Waals surface area contributed by atoms with Crippen molar-refractivity contribution in [3.05, 3.63) is 12.8 Å². The van der Waals surface area contributed by atoms with E-state index in [1.165, 1.54) is 6.26 Å². The van der Waals surface area contributed by atoms with Gasteiger partial charge in [0.1, 0.15) is 0 Å². The molecular formula is C20H38O6. The van der Waals surface area contributed by atoms with Crippen LogP contribution in [-0.4, -0.2) is 36.5 Å². The third kappa shape index (κ3) is 12.8. The van der Waals surface area contributed by atoms with Gasteiger partial charge in [-0.3, -0.25) is 9.59 Å². The Labute approximate surface area is 158 Å². The number of carbonyl (C=O) groups excluding carboxylic acids is 1. The molecule has 0 aliphatic heterocycles. The fourth-order valence-corrected chi connectivity index (χ4v) is 1.26. The number of ether oxygens (including phenoxy) is 3. The Hall–Kier alpha value is -1.56. The molecule has 6 heteroatoms. The second-order valence-corrected chi connectivity index (χ2v) is 7.37. The molecule has 0 aliphatic carbocycles. The van der Waals surface area contributed by atoms with Crippen LogP contribution in [0.1, 0.15) is 74.1 Å². The van der Waals surface area contributed by atoms with Gasteiger partial charge in [0.15, 0.2) is 6.29 Å². The number of carbonyl (C=O) groups is 2. The van der Waals surface area contributed by atoms with Crippen molar-refractivity contribution < 1.29 is 28.9 Å². The number of aliphatic carboxylic acids is 1. The van der Waals surface area contributed by atoms with Crippen molar-refractivity contribution in [2.45, 2.75) is 80.4 Å². The highest BCUT2D eigenvalue weighted by Crippen LogP contribution is 2.22. The number of carboxylic acids is 1. The molecule has 0 aromatic rings. The molecule has 0 aromatic carbocycles. The number of unbranched alkanes of at least 4 members (excludes halogenated alkanes) is 1. The summed E-state index contributed by atoms with van der Waals surface area (Å²) in [4.78, 5) is 22.0. The summed E-state index contributed by atoms with van der Waals surface area (Å²) in [5.41, 5.74) is -0.991. The number of hydrogen-bond acceptors (Lipinski definition) is 5. The van der Waals surface area contributed by atoms with Gasteiger partial charge in [-0.15, -0.1) is 0 Å². The SMILES string of the molecule is C=COCCCCOC(C)OC(=O)C(C)(C)CC.CCC(C)(C)C(=O)O. The van der Waals surface area contributed by atoms with Gasteiger partial charge < -0.3 is 19.3 Å². The van der Waals surface area contributed by atoms with Gasteiger partial charge in [-0.25, -0.2) is 0 Å². The molecule has 0 aromatic heterocycles. The zero-order valence-corrected chi connectivity index (χ0v) is 17.6. The van der Waals surface area contributed by atoms with Gasteiger partial charge in [0.2, 0.25) is 0 Å². The van der Waals surface area contributed by atoms with Crippen molar-refractivity contribution in [3.8, 4) is 0 Å². The molecule has 0 spiro atoms. The van der Waals surface area contributed by atoms with Crippen molar-refractivity contribution >= 4 is 11.9 Å². The molecule has 0 heterocycles. The van der Waals surface area contributed by atoms with Crippen LogP contribution in [0.3, 0.4) is 0 Å². The van der Waals surface area contributed by atoms with Crippen LogP contribution < -0.4 is 0 Å². The van der Waals surface area contributed by atoms with E-state index in [0.29, 0.717) is 19.6 Å². The number of esters is 1. The lowest BCUT2D eigenvalue weighted by Gasteiger charge is -2.23. The molecule has 0 saturated heterocycles. The quantitative estimate of drug-likeness (QED) is 0.229. The molecule has 26 heavy (non-hydrogen) atoms. The number of hydrogen-bond donors (Lipinski definition) is 1. The van der Waals surface area contributed by atoms with Crippen molar-refractivity contribution in [1.29, 1.82) is 0 Å². The summed E-state index contributed by atoms with van der Waals surface area (Å²) in [6, 6.07) is 0. The zero-order chi connectivity index (χ0) is 20.8. The molecule has 0 aliphatic rings. The molecule has 0 bridgehead atoms. The van der Waals surface area contributed by atoms with E-state index in [9.17, 15) is 9.59 Å². The van der Waals surface area contributed by atoms with E-state index in [2.05, 4.69) is 6.58 Å². The maximum atomic E-state index is 11.7. The highest BCUT2D eigenvalue weighted by molar-refractivity contribution is 5.75. The predicted octanol–water partition coefficient (Wildman–Crippen LogP) is 4.78. The molecule has 0 saturated carbocycles. The Bertz CT molecular complexity index is 415. The standard InChI is InChI=1S/C14H26O4.C6H12O2/c1-6-14(4,5)13(15)18-12(3)17-11-9-8-10-16-7-2;1-4-6(2,3)5(7)8/h7,12H,2,6,8-11H2,1,3-5H3;4H2,1-3H3,(H,7,8). The summed E-state index contributed by atoms with van der Waals surface area (Å²) in [5.74, 6) is -0.938. The first-order valence-corrected chi connectivity index (χ1v) is 9.23. The monoisotopic (exact) mass is 374 g/mol. The predicted molar refractivity (Wildman–Crippen MR) is 103 cm³/mol. The van der Waals surface area contributed by atoms with Crippen molar-refractivity contribution in [3.63, 3.8) is 0 Å². The Kier molecular flexibility index (Phi) is 14.0. The molecule has 1 unspecified atom stereocenters. The molecule has 6 nitrogen and oxygen atoms in total. The van der Waals surface area contributed by atoms with E-state index in [1.54, 1.807) is 20.8 Å². The molecule has 0 fully saturated rings. The van der Waals surface area contributed by atoms with Gasteiger partial charge in [0, 0.05) is 0 Å². The molecule has 0 radical (unpaired) electrons. The van der Waals surface area contributed by atoms with Crippen LogP contribution in [0.5, 0.6) is 0 Å². The highest BCUT2D eigenvalue weighted by atomic mass is 16.7. The first kappa shape index (κ1) is 26.7. The van der Waals surface area contributed by atoms with E-state index in [1.807, 2.05) is 27.7 Å². The lowest BCUT2D eigenvalue weighted by atomic mass is 9.91. The number of rotatable bonds is 12. The normalized spacial score (nSPS) is 12.4. The lowest BCUT2D eigenvalue weighted by Crippen LogP contribution is -2.30. The van der Waals surface area contributed by atoms with Crippen LogP contribution in [0.25, 0.3) is 0 Å². The highest BCUT2D eigenvalue weighted by Gasteiger charge is 2.28. The third-order valence-corrected chi connectivity index (χ3v) is 4.30. The summed E-state index contributed by atoms with van der Waals surface area (Å²) in [5, 5.41) is 8.44. The topological polar surface area (TPSA) is 82.1 Å². The molecule has 0 rings (SSSR count). The summed E-state index contributed by atoms with van der Waals surface area (Å²) < 4.78 is 15.6. The second-order valence-electron chi connectivity index (χ2n) is 7.37. The third-order valence-electron chi connectivity index (χ3n) is 4.30. The minimum atomic E-state index is -0.722. The Morgan fingerprint density at radius 2 is 1.54 bits per heavy atom. The first-order chi connectivity index (χ1) is 11.9. The summed E-state index contributed by atoms with van der Waals surface area (Å²) >= 11 is 0. The van der Waals surface area contributed by atoms with Gasteiger partial charge in [-0.05, 0) is 60.3 Å². The number of carboxylic acid groups (broad SMARTS) is 1. The minimum absolute atomic E-state index is 0.215. The maximum absolute atomic E-state index is 11.7. The first-order valence-electron chi connectivity index (χ1n) is 9.23. The fourth-order valence-electron chi connectivity index (χ4n) is 1.26. The van der Waals surface area contributed by atoms with Gasteiger partial charge >= 0.3 is 11.9 Å². The van der Waals surface area contributed by atoms with Gasteiger partial charge in [0.25, 0.3) is 0 Å². The Balaban J connectivity index is 0. The van der Waals surface area contributed by atoms with Gasteiger partial charge in [-0.2, -0.15) is 0 Å². The van der Waals surface area contributed by atoms with Gasteiger partial charge in [-0.1, -0.05) is 20.4 Å². The van der Waals surface area contributed by atoms with E-state index in [4.69, 9.17) is 19.3 Å².